The van der Waals surface area contributed by atoms with E-state index < -0.39 is 8.56 Å². The van der Waals surface area contributed by atoms with Crippen LogP contribution in [-0.4, -0.2) is 8.56 Å². The monoisotopic (exact) mass is 476 g/mol. The number of para-hydroxylation sites is 2. The van der Waals surface area contributed by atoms with E-state index >= 15 is 0 Å². The summed E-state index contributed by atoms with van der Waals surface area (Å²) in [7, 11) is -3.13. The molecule has 3 heteroatoms. The smallest absolute Gasteiger partial charge is 0.505 e. The fourth-order valence-corrected chi connectivity index (χ4v) is 9.15. The minimum Gasteiger partial charge on any atom is -0.505 e. The topological polar surface area (TPSA) is 18.5 Å². The van der Waals surface area contributed by atoms with Gasteiger partial charge in [-0.1, -0.05) is 126 Å². The first-order valence-corrected chi connectivity index (χ1v) is 14.3. The van der Waals surface area contributed by atoms with Crippen molar-refractivity contribution in [3.63, 3.8) is 0 Å². The maximum absolute atomic E-state index is 7.38. The van der Waals surface area contributed by atoms with Crippen LogP contribution in [0.5, 0.6) is 11.5 Å². The third-order valence-electron chi connectivity index (χ3n) is 7.28. The highest BCUT2D eigenvalue weighted by atomic mass is 28.4. The predicted molar refractivity (Wildman–Crippen MR) is 147 cm³/mol. The van der Waals surface area contributed by atoms with Crippen molar-refractivity contribution < 1.29 is 8.85 Å². The maximum atomic E-state index is 7.38. The molecule has 0 unspecified atom stereocenters. The largest absolute Gasteiger partial charge is 0.532 e. The molecule has 176 valence electrons. The van der Waals surface area contributed by atoms with Crippen LogP contribution in [0, 0.1) is 0 Å². The molecule has 0 fully saturated rings. The highest BCUT2D eigenvalue weighted by Crippen LogP contribution is 2.50. The van der Waals surface area contributed by atoms with E-state index in [9.17, 15) is 0 Å². The van der Waals surface area contributed by atoms with Gasteiger partial charge in [-0.3, -0.25) is 0 Å². The van der Waals surface area contributed by atoms with Gasteiger partial charge in [0.1, 0.15) is 11.5 Å². The number of benzene rings is 4. The van der Waals surface area contributed by atoms with Crippen LogP contribution in [0.3, 0.4) is 0 Å². The van der Waals surface area contributed by atoms with Gasteiger partial charge in [-0.15, -0.1) is 0 Å². The highest BCUT2D eigenvalue weighted by Gasteiger charge is 2.57. The van der Waals surface area contributed by atoms with Crippen molar-refractivity contribution in [2.75, 3.05) is 0 Å². The Bertz CT molecular complexity index is 1360. The van der Waals surface area contributed by atoms with Gasteiger partial charge in [0.2, 0.25) is 0 Å². The summed E-state index contributed by atoms with van der Waals surface area (Å²) in [6.45, 7) is 13.6. The van der Waals surface area contributed by atoms with Crippen molar-refractivity contribution in [2.24, 2.45) is 0 Å². The van der Waals surface area contributed by atoms with Crippen LogP contribution in [0.15, 0.2) is 84.9 Å². The van der Waals surface area contributed by atoms with Crippen molar-refractivity contribution >= 4 is 18.9 Å². The van der Waals surface area contributed by atoms with Gasteiger partial charge < -0.3 is 8.85 Å². The Kier molecular flexibility index (Phi) is 4.66. The number of fused-ring (bicyclic) bond motifs is 8. The molecule has 2 aliphatic rings. The Morgan fingerprint density at radius 3 is 1.23 bits per heavy atom. The van der Waals surface area contributed by atoms with Crippen LogP contribution < -0.4 is 19.2 Å². The van der Waals surface area contributed by atoms with Crippen LogP contribution in [0.4, 0.5) is 0 Å². The summed E-state index contributed by atoms with van der Waals surface area (Å²) >= 11 is 0. The van der Waals surface area contributed by atoms with Gasteiger partial charge in [0.15, 0.2) is 0 Å². The Morgan fingerprint density at radius 2 is 0.829 bits per heavy atom. The molecule has 0 amide bonds. The van der Waals surface area contributed by atoms with Gasteiger partial charge in [0, 0.05) is 21.5 Å². The first-order chi connectivity index (χ1) is 16.6. The molecule has 2 nitrogen and oxygen atoms in total. The lowest BCUT2D eigenvalue weighted by Crippen LogP contribution is -2.65. The normalized spacial score (nSPS) is 15.3. The lowest BCUT2D eigenvalue weighted by atomic mass is 9.82. The van der Waals surface area contributed by atoms with Crippen molar-refractivity contribution in [1.29, 1.82) is 0 Å². The lowest BCUT2D eigenvalue weighted by Gasteiger charge is -2.32. The fourth-order valence-electron chi connectivity index (χ4n) is 5.58. The predicted octanol–water partition coefficient (Wildman–Crippen LogP) is 6.96. The maximum Gasteiger partial charge on any atom is 0.532 e. The van der Waals surface area contributed by atoms with E-state index in [-0.39, 0.29) is 10.8 Å². The Hall–Kier alpha value is -3.30. The Morgan fingerprint density at radius 1 is 0.457 bits per heavy atom. The average Bonchev–Trinajstić information content (AvgIpc) is 2.98. The second kappa shape index (κ2) is 7.35. The molecule has 0 atom stereocenters. The fraction of sp³-hybridized carbons (Fsp3) is 0.250. The van der Waals surface area contributed by atoms with Crippen LogP contribution in [0.2, 0.25) is 0 Å². The third-order valence-corrected chi connectivity index (χ3v) is 10.6. The second-order valence-electron chi connectivity index (χ2n) is 11.8. The number of rotatable bonds is 0. The van der Waals surface area contributed by atoms with Crippen molar-refractivity contribution in [2.45, 2.75) is 52.4 Å². The molecule has 0 saturated carbocycles. The van der Waals surface area contributed by atoms with Crippen LogP contribution in [-0.2, 0) is 10.8 Å². The molecular formula is C32H32O2Si. The minimum absolute atomic E-state index is 0.0787. The molecule has 0 saturated heterocycles. The molecule has 0 radical (unpaired) electrons. The SMILES string of the molecule is CC(C)(C)c1cccc2c1O[Si]1(Oc3c-2cccc3C(C)(C)C)c2ccccc2-c2ccccc21. The summed E-state index contributed by atoms with van der Waals surface area (Å²) in [5, 5.41) is 2.37. The summed E-state index contributed by atoms with van der Waals surface area (Å²) in [6.07, 6.45) is 0. The summed E-state index contributed by atoms with van der Waals surface area (Å²) < 4.78 is 14.8. The van der Waals surface area contributed by atoms with Gasteiger partial charge in [-0.25, -0.2) is 0 Å². The number of hydrogen-bond acceptors (Lipinski definition) is 2. The first kappa shape index (κ1) is 22.2. The zero-order chi connectivity index (χ0) is 24.6. The van der Waals surface area contributed by atoms with E-state index in [0.717, 1.165) is 22.6 Å². The molecule has 2 aliphatic heterocycles. The summed E-state index contributed by atoms with van der Waals surface area (Å²) in [4.78, 5) is 0. The van der Waals surface area contributed by atoms with E-state index in [1.54, 1.807) is 0 Å². The number of hydrogen-bond donors (Lipinski definition) is 0. The quantitative estimate of drug-likeness (QED) is 0.256. The molecule has 0 aliphatic carbocycles. The molecule has 4 aromatic carbocycles. The summed E-state index contributed by atoms with van der Waals surface area (Å²) in [6, 6.07) is 30.4. The Balaban J connectivity index is 1.77. The zero-order valence-corrected chi connectivity index (χ0v) is 22.4. The molecule has 0 N–H and O–H groups in total. The van der Waals surface area contributed by atoms with Gasteiger partial charge >= 0.3 is 8.56 Å². The standard InChI is InChI=1S/C32H32O2Si/c1-31(2,3)25-17-11-15-23-24-16-12-18-26(32(4,5)6)30(24)34-35(33-29(23)25)27-19-9-7-13-21(27)22-14-8-10-20-28(22)35/h7-20H,1-6H3. The molecule has 1 spiro atoms. The van der Waals surface area contributed by atoms with E-state index in [1.165, 1.54) is 32.6 Å². The minimum atomic E-state index is -3.13. The van der Waals surface area contributed by atoms with E-state index in [1.807, 2.05) is 0 Å². The summed E-state index contributed by atoms with van der Waals surface area (Å²) in [5.41, 5.74) is 6.94. The second-order valence-corrected chi connectivity index (χ2v) is 14.5. The molecule has 4 aromatic rings. The average molecular weight is 477 g/mol. The lowest BCUT2D eigenvalue weighted by molar-refractivity contribution is 0.408. The first-order valence-electron chi connectivity index (χ1n) is 12.5. The molecule has 0 aromatic heterocycles. The molecule has 6 rings (SSSR count). The molecular weight excluding hydrogens is 444 g/mol. The Labute approximate surface area is 209 Å². The summed E-state index contributed by atoms with van der Waals surface area (Å²) in [5.74, 6) is 1.92. The van der Waals surface area contributed by atoms with Gasteiger partial charge in [0.05, 0.1) is 0 Å². The third kappa shape index (κ3) is 3.21. The van der Waals surface area contributed by atoms with Crippen LogP contribution >= 0.6 is 0 Å². The van der Waals surface area contributed by atoms with Crippen molar-refractivity contribution in [3.8, 4) is 33.8 Å². The molecule has 0 bridgehead atoms. The van der Waals surface area contributed by atoms with Crippen molar-refractivity contribution in [1.82, 2.24) is 0 Å². The van der Waals surface area contributed by atoms with E-state index in [2.05, 4.69) is 126 Å². The van der Waals surface area contributed by atoms with Gasteiger partial charge in [-0.05, 0) is 33.1 Å². The van der Waals surface area contributed by atoms with E-state index in [0.29, 0.717) is 0 Å². The van der Waals surface area contributed by atoms with E-state index in [4.69, 9.17) is 8.85 Å². The zero-order valence-electron chi connectivity index (χ0n) is 21.4. The van der Waals surface area contributed by atoms with Crippen LogP contribution in [0.1, 0.15) is 52.7 Å². The van der Waals surface area contributed by atoms with Crippen LogP contribution in [0.25, 0.3) is 22.3 Å². The molecule has 35 heavy (non-hydrogen) atoms. The molecule has 2 heterocycles. The van der Waals surface area contributed by atoms with Gasteiger partial charge in [0.25, 0.3) is 0 Å². The highest BCUT2D eigenvalue weighted by molar-refractivity contribution is 6.97. The van der Waals surface area contributed by atoms with Crippen molar-refractivity contribution in [3.05, 3.63) is 96.1 Å². The van der Waals surface area contributed by atoms with Gasteiger partial charge in [-0.2, -0.15) is 0 Å².